The number of likely N-dealkylation sites (N-methyl/N-ethyl adjacent to an activating group) is 1. The Bertz CT molecular complexity index is 1630. The van der Waals surface area contributed by atoms with Gasteiger partial charge in [-0.25, -0.2) is 0 Å². The number of aliphatic hydroxyl groups is 1. The van der Waals surface area contributed by atoms with E-state index in [1.54, 1.807) is 42.5 Å². The molecule has 3 unspecified atom stereocenters. The molecule has 0 fully saturated rings. The third-order valence-electron chi connectivity index (χ3n) is 8.24. The predicted octanol–water partition coefficient (Wildman–Crippen LogP) is 4.78. The number of allylic oxidation sites excluding steroid dienone is 1. The number of para-hydroxylation sites is 1. The summed E-state index contributed by atoms with van der Waals surface area (Å²) in [6.07, 6.45) is 1.10. The molecular formula is C35H38ClN5O4. The summed E-state index contributed by atoms with van der Waals surface area (Å²) in [6, 6.07) is 21.1. The van der Waals surface area contributed by atoms with E-state index in [4.69, 9.17) is 11.6 Å². The molecule has 234 valence electrons. The van der Waals surface area contributed by atoms with Crippen molar-refractivity contribution in [2.24, 2.45) is 0 Å². The number of hydrogen-bond acceptors (Lipinski definition) is 6. The molecule has 9 nitrogen and oxygen atoms in total. The van der Waals surface area contributed by atoms with Crippen molar-refractivity contribution in [2.75, 3.05) is 36.8 Å². The van der Waals surface area contributed by atoms with Crippen LogP contribution in [-0.4, -0.2) is 66.1 Å². The van der Waals surface area contributed by atoms with Gasteiger partial charge in [0.25, 0.3) is 11.8 Å². The number of rotatable bonds is 11. The number of halogens is 1. The summed E-state index contributed by atoms with van der Waals surface area (Å²) in [6.45, 7) is 8.07. The molecular weight excluding hydrogens is 590 g/mol. The summed E-state index contributed by atoms with van der Waals surface area (Å²) < 4.78 is 0. The van der Waals surface area contributed by atoms with E-state index in [1.165, 1.54) is 0 Å². The fourth-order valence-corrected chi connectivity index (χ4v) is 5.99. The number of carbonyl (C=O) groups excluding carboxylic acids is 3. The number of benzene rings is 3. The average Bonchev–Trinajstić information content (AvgIpc) is 3.54. The standard InChI is InChI=1S/C35H38ClN5O4/c1-4-41(5-2)20-26(42)19-37-35(45)31-21(3)38-30(32(31)22-11-14-24(36)15-12-22)18-28-27-17-23(13-16-29(27)40-34(28)44)33(43)39-25-9-7-6-8-10-25/h6-18,26,30,32,38,42H,4-5,19-20H2,1-3H3,(H,37,45)(H,39,43)(H,40,44)/b28-18-. The van der Waals surface area contributed by atoms with E-state index in [-0.39, 0.29) is 24.3 Å². The lowest BCUT2D eigenvalue weighted by molar-refractivity contribution is -0.118. The van der Waals surface area contributed by atoms with Crippen molar-refractivity contribution in [2.45, 2.75) is 38.8 Å². The quantitative estimate of drug-likeness (QED) is 0.195. The van der Waals surface area contributed by atoms with Crippen molar-refractivity contribution in [1.82, 2.24) is 15.5 Å². The van der Waals surface area contributed by atoms with E-state index in [2.05, 4.69) is 26.2 Å². The average molecular weight is 628 g/mol. The van der Waals surface area contributed by atoms with Crippen molar-refractivity contribution in [3.8, 4) is 0 Å². The molecule has 0 radical (unpaired) electrons. The van der Waals surface area contributed by atoms with Crippen LogP contribution in [0.4, 0.5) is 11.4 Å². The Labute approximate surface area is 268 Å². The van der Waals surface area contributed by atoms with Gasteiger partial charge < -0.3 is 31.3 Å². The van der Waals surface area contributed by atoms with Crippen molar-refractivity contribution in [3.05, 3.63) is 112 Å². The molecule has 3 aromatic rings. The number of aliphatic hydroxyl groups excluding tert-OH is 1. The Morgan fingerprint density at radius 3 is 2.42 bits per heavy atom. The first-order valence-corrected chi connectivity index (χ1v) is 15.5. The van der Waals surface area contributed by atoms with Crippen LogP contribution in [0.15, 0.2) is 90.1 Å². The first-order chi connectivity index (χ1) is 21.7. The number of carbonyl (C=O) groups is 3. The van der Waals surface area contributed by atoms with Gasteiger partial charge in [-0.2, -0.15) is 0 Å². The zero-order valence-electron chi connectivity index (χ0n) is 25.6. The minimum Gasteiger partial charge on any atom is -0.390 e. The highest BCUT2D eigenvalue weighted by Crippen LogP contribution is 2.40. The van der Waals surface area contributed by atoms with Gasteiger partial charge in [0.15, 0.2) is 0 Å². The maximum atomic E-state index is 13.6. The SMILES string of the molecule is CCN(CC)CC(O)CNC(=O)C1=C(C)NC(/C=C2\C(=O)Nc3ccc(C(=O)Nc4ccccc4)cc32)C1c1ccc(Cl)cc1. The van der Waals surface area contributed by atoms with E-state index in [0.29, 0.717) is 50.9 Å². The fraction of sp³-hybridized carbons (Fsp3) is 0.286. The highest BCUT2D eigenvalue weighted by molar-refractivity contribution is 6.32. The van der Waals surface area contributed by atoms with Crippen molar-refractivity contribution < 1.29 is 19.5 Å². The smallest absolute Gasteiger partial charge is 0.256 e. The number of nitrogens with zero attached hydrogens (tertiary/aromatic N) is 1. The third-order valence-corrected chi connectivity index (χ3v) is 8.49. The second-order valence-corrected chi connectivity index (χ2v) is 11.6. The minimum atomic E-state index is -0.719. The topological polar surface area (TPSA) is 123 Å². The van der Waals surface area contributed by atoms with Crippen LogP contribution in [0.5, 0.6) is 0 Å². The summed E-state index contributed by atoms with van der Waals surface area (Å²) >= 11 is 6.20. The van der Waals surface area contributed by atoms with Crippen LogP contribution < -0.4 is 21.3 Å². The lowest BCUT2D eigenvalue weighted by atomic mass is 9.85. The van der Waals surface area contributed by atoms with Gasteiger partial charge >= 0.3 is 0 Å². The lowest BCUT2D eigenvalue weighted by Gasteiger charge is -2.23. The molecule has 10 heteroatoms. The maximum absolute atomic E-state index is 13.6. The summed E-state index contributed by atoms with van der Waals surface area (Å²) in [5.74, 6) is -1.33. The summed E-state index contributed by atoms with van der Waals surface area (Å²) in [4.78, 5) is 42.0. The molecule has 0 saturated carbocycles. The van der Waals surface area contributed by atoms with Crippen LogP contribution in [-0.2, 0) is 9.59 Å². The first-order valence-electron chi connectivity index (χ1n) is 15.1. The number of hydrogen-bond donors (Lipinski definition) is 5. The van der Waals surface area contributed by atoms with Crippen LogP contribution in [0.3, 0.4) is 0 Å². The Hall–Kier alpha value is -4.44. The van der Waals surface area contributed by atoms with E-state index in [9.17, 15) is 19.5 Å². The van der Waals surface area contributed by atoms with Crippen LogP contribution in [0.2, 0.25) is 5.02 Å². The van der Waals surface area contributed by atoms with Gasteiger partial charge in [-0.3, -0.25) is 14.4 Å². The maximum Gasteiger partial charge on any atom is 0.256 e. The predicted molar refractivity (Wildman–Crippen MR) is 178 cm³/mol. The van der Waals surface area contributed by atoms with Gasteiger partial charge in [0.05, 0.1) is 12.1 Å². The van der Waals surface area contributed by atoms with Gasteiger partial charge in [0.2, 0.25) is 5.91 Å². The highest BCUT2D eigenvalue weighted by Gasteiger charge is 2.38. The summed E-state index contributed by atoms with van der Waals surface area (Å²) in [7, 11) is 0. The summed E-state index contributed by atoms with van der Waals surface area (Å²) in [5.41, 5.74) is 4.72. The van der Waals surface area contributed by atoms with E-state index < -0.39 is 18.1 Å². The second-order valence-electron chi connectivity index (χ2n) is 11.2. The number of anilines is 2. The Kier molecular flexibility index (Phi) is 10.0. The summed E-state index contributed by atoms with van der Waals surface area (Å²) in [5, 5.41) is 23.2. The molecule has 0 spiro atoms. The molecule has 0 aromatic heterocycles. The van der Waals surface area contributed by atoms with Crippen LogP contribution >= 0.6 is 11.6 Å². The largest absolute Gasteiger partial charge is 0.390 e. The van der Waals surface area contributed by atoms with Gasteiger partial charge in [-0.1, -0.05) is 55.8 Å². The third kappa shape index (κ3) is 7.28. The monoisotopic (exact) mass is 627 g/mol. The fourth-order valence-electron chi connectivity index (χ4n) is 5.87. The number of fused-ring (bicyclic) bond motifs is 1. The van der Waals surface area contributed by atoms with Gasteiger partial charge in [0.1, 0.15) is 0 Å². The molecule has 3 aromatic carbocycles. The Balaban J connectivity index is 1.42. The number of amides is 3. The van der Waals surface area contributed by atoms with Crippen molar-refractivity contribution in [3.63, 3.8) is 0 Å². The molecule has 45 heavy (non-hydrogen) atoms. The molecule has 2 aliphatic heterocycles. The van der Waals surface area contributed by atoms with Crippen molar-refractivity contribution >= 4 is 46.3 Å². The van der Waals surface area contributed by atoms with E-state index in [1.807, 2.05) is 57.2 Å². The molecule has 5 N–H and O–H groups in total. The van der Waals surface area contributed by atoms with Crippen LogP contribution in [0, 0.1) is 0 Å². The molecule has 3 amide bonds. The Morgan fingerprint density at radius 2 is 1.73 bits per heavy atom. The van der Waals surface area contributed by atoms with Crippen molar-refractivity contribution in [1.29, 1.82) is 0 Å². The molecule has 0 bridgehead atoms. The second kappa shape index (κ2) is 14.1. The zero-order valence-corrected chi connectivity index (χ0v) is 26.3. The molecule has 0 aliphatic carbocycles. The van der Waals surface area contributed by atoms with Gasteiger partial charge in [-0.15, -0.1) is 0 Å². The minimum absolute atomic E-state index is 0.106. The first kappa shape index (κ1) is 32.0. The zero-order chi connectivity index (χ0) is 32.1. The molecule has 5 rings (SSSR count). The van der Waals surface area contributed by atoms with E-state index in [0.717, 1.165) is 18.7 Å². The van der Waals surface area contributed by atoms with Crippen LogP contribution in [0.25, 0.3) is 5.57 Å². The normalized spacial score (nSPS) is 18.9. The van der Waals surface area contributed by atoms with Gasteiger partial charge in [0, 0.05) is 63.4 Å². The van der Waals surface area contributed by atoms with Gasteiger partial charge in [-0.05, 0) is 74.1 Å². The van der Waals surface area contributed by atoms with Crippen LogP contribution in [0.1, 0.15) is 48.2 Å². The molecule has 2 aliphatic rings. The molecule has 3 atom stereocenters. The molecule has 2 heterocycles. The van der Waals surface area contributed by atoms with E-state index >= 15 is 0 Å². The number of nitrogens with one attached hydrogen (secondary N) is 4. The lowest BCUT2D eigenvalue weighted by Crippen LogP contribution is -2.41. The highest BCUT2D eigenvalue weighted by atomic mass is 35.5. The molecule has 0 saturated heterocycles. The Morgan fingerprint density at radius 1 is 1.02 bits per heavy atom.